The molecule has 0 unspecified atom stereocenters. The average molecular weight is 415 g/mol. The molecule has 0 aliphatic carbocycles. The minimum atomic E-state index is -0.614. The van der Waals surface area contributed by atoms with Gasteiger partial charge in [0, 0.05) is 25.2 Å². The maximum absolute atomic E-state index is 12.1. The molecule has 0 spiro atoms. The number of carbonyl (C=O) groups excluding carboxylic acids is 1. The zero-order chi connectivity index (χ0) is 21.0. The number of hydrogen-bond acceptors (Lipinski definition) is 5. The van der Waals surface area contributed by atoms with Crippen molar-refractivity contribution >= 4 is 40.8 Å². The van der Waals surface area contributed by atoms with E-state index in [1.165, 1.54) is 4.90 Å². The summed E-state index contributed by atoms with van der Waals surface area (Å²) in [5.41, 5.74) is 2.26. The van der Waals surface area contributed by atoms with E-state index in [0.717, 1.165) is 5.56 Å². The Balaban J connectivity index is 1.81. The molecule has 1 atom stereocenters. The molecular weight excluding hydrogens is 392 g/mol. The molecule has 1 aromatic heterocycles. The third-order valence-corrected chi connectivity index (χ3v) is 4.38. The number of ether oxygens (including phenoxy) is 2. The summed E-state index contributed by atoms with van der Waals surface area (Å²) in [5.74, 6) is 1.44. The van der Waals surface area contributed by atoms with Crippen LogP contribution in [0.15, 0.2) is 40.8 Å². The zero-order valence-corrected chi connectivity index (χ0v) is 17.6. The molecule has 0 aliphatic heterocycles. The Labute approximate surface area is 174 Å². The number of likely N-dealkylation sites (N-methyl/N-ethyl adjacent to an activating group) is 1. The van der Waals surface area contributed by atoms with Crippen molar-refractivity contribution in [3.8, 4) is 11.5 Å². The lowest BCUT2D eigenvalue weighted by molar-refractivity contribution is -0.135. The molecule has 1 amide bonds. The first kappa shape index (κ1) is 20.7. The molecule has 29 heavy (non-hydrogen) atoms. The summed E-state index contributed by atoms with van der Waals surface area (Å²) in [6.07, 6.45) is 3.03. The molecule has 152 valence electrons. The van der Waals surface area contributed by atoms with Crippen LogP contribution in [0.5, 0.6) is 11.5 Å². The number of aromatic nitrogens is 1. The van der Waals surface area contributed by atoms with E-state index in [-0.39, 0.29) is 5.91 Å². The van der Waals surface area contributed by atoms with Crippen molar-refractivity contribution in [1.82, 2.24) is 9.88 Å². The van der Waals surface area contributed by atoms with Gasteiger partial charge in [0.05, 0.1) is 6.61 Å². The Morgan fingerprint density at radius 1 is 1.21 bits per heavy atom. The predicted molar refractivity (Wildman–Crippen MR) is 114 cm³/mol. The minimum Gasteiger partial charge on any atom is -0.490 e. The van der Waals surface area contributed by atoms with Crippen LogP contribution in [0.3, 0.4) is 0 Å². The highest BCUT2D eigenvalue weighted by atomic mass is 35.5. The number of benzene rings is 2. The Bertz CT molecular complexity index is 1040. The van der Waals surface area contributed by atoms with Crippen molar-refractivity contribution in [3.05, 3.63) is 52.9 Å². The molecule has 6 nitrogen and oxygen atoms in total. The molecule has 3 aromatic rings. The van der Waals surface area contributed by atoms with Crippen molar-refractivity contribution in [2.45, 2.75) is 20.0 Å². The van der Waals surface area contributed by atoms with Gasteiger partial charge in [-0.1, -0.05) is 17.7 Å². The number of hydrogen-bond donors (Lipinski definition) is 0. The summed E-state index contributed by atoms with van der Waals surface area (Å²) < 4.78 is 17.2. The van der Waals surface area contributed by atoms with Gasteiger partial charge in [0.2, 0.25) is 5.89 Å². The lowest BCUT2D eigenvalue weighted by atomic mass is 10.2. The Morgan fingerprint density at radius 3 is 2.72 bits per heavy atom. The maximum Gasteiger partial charge on any atom is 0.262 e. The summed E-state index contributed by atoms with van der Waals surface area (Å²) in [5, 5.41) is 0.611. The van der Waals surface area contributed by atoms with Gasteiger partial charge in [-0.2, -0.15) is 0 Å². The molecule has 0 saturated carbocycles. The maximum atomic E-state index is 12.1. The topological polar surface area (TPSA) is 64.8 Å². The van der Waals surface area contributed by atoms with Crippen molar-refractivity contribution in [1.29, 1.82) is 0 Å². The predicted octanol–water partition coefficient (Wildman–Crippen LogP) is 4.91. The fraction of sp³-hybridized carbons (Fsp3) is 0.273. The second-order valence-corrected chi connectivity index (χ2v) is 7.07. The van der Waals surface area contributed by atoms with Crippen LogP contribution in [-0.2, 0) is 4.79 Å². The highest BCUT2D eigenvalue weighted by molar-refractivity contribution is 6.31. The molecule has 1 heterocycles. The highest BCUT2D eigenvalue weighted by Gasteiger charge is 2.18. The van der Waals surface area contributed by atoms with Gasteiger partial charge in [-0.15, -0.1) is 0 Å². The van der Waals surface area contributed by atoms with Crippen LogP contribution in [-0.4, -0.2) is 42.6 Å². The Hall–Kier alpha value is -2.99. The van der Waals surface area contributed by atoms with E-state index in [2.05, 4.69) is 4.98 Å². The van der Waals surface area contributed by atoms with Crippen LogP contribution < -0.4 is 9.47 Å². The van der Waals surface area contributed by atoms with Crippen molar-refractivity contribution in [2.24, 2.45) is 0 Å². The van der Waals surface area contributed by atoms with E-state index < -0.39 is 6.10 Å². The molecule has 0 N–H and O–H groups in total. The second kappa shape index (κ2) is 9.01. The molecule has 7 heteroatoms. The highest BCUT2D eigenvalue weighted by Crippen LogP contribution is 2.30. The Kier molecular flexibility index (Phi) is 6.44. The summed E-state index contributed by atoms with van der Waals surface area (Å²) in [7, 11) is 3.39. The number of carbonyl (C=O) groups is 1. The number of fused-ring (bicyclic) bond motifs is 1. The van der Waals surface area contributed by atoms with E-state index in [1.54, 1.807) is 51.4 Å². The summed E-state index contributed by atoms with van der Waals surface area (Å²) >= 11 is 5.99. The normalized spacial score (nSPS) is 12.3. The standard InChI is InChI=1S/C22H23ClN2O4/c1-5-27-20-12-15(6-9-19(20)28-14(2)22(26)25(3)4)7-11-21-24-17-13-16(23)8-10-18(17)29-21/h6-14H,5H2,1-4H3/b11-7+/t14-/m0/s1. The third kappa shape index (κ3) is 5.09. The lowest BCUT2D eigenvalue weighted by Crippen LogP contribution is -2.35. The lowest BCUT2D eigenvalue weighted by Gasteiger charge is -2.20. The molecule has 0 radical (unpaired) electrons. The summed E-state index contributed by atoms with van der Waals surface area (Å²) in [6, 6.07) is 10.8. The van der Waals surface area contributed by atoms with Crippen LogP contribution in [0.2, 0.25) is 5.02 Å². The molecule has 0 saturated heterocycles. The van der Waals surface area contributed by atoms with Crippen LogP contribution in [0, 0.1) is 0 Å². The van der Waals surface area contributed by atoms with Gasteiger partial charge >= 0.3 is 0 Å². The quantitative estimate of drug-likeness (QED) is 0.549. The first-order valence-corrected chi connectivity index (χ1v) is 9.64. The molecule has 0 aliphatic rings. The fourth-order valence-electron chi connectivity index (χ4n) is 2.76. The number of amides is 1. The SMILES string of the molecule is CCOc1cc(/C=C/c2nc3cc(Cl)ccc3o2)ccc1O[C@@H](C)C(=O)N(C)C. The molecular formula is C22H23ClN2O4. The van der Waals surface area contributed by atoms with Gasteiger partial charge < -0.3 is 18.8 Å². The van der Waals surface area contributed by atoms with E-state index >= 15 is 0 Å². The number of rotatable bonds is 7. The van der Waals surface area contributed by atoms with E-state index in [4.69, 9.17) is 25.5 Å². The molecule has 3 rings (SSSR count). The van der Waals surface area contributed by atoms with E-state index in [9.17, 15) is 4.79 Å². The van der Waals surface area contributed by atoms with Crippen molar-refractivity contribution < 1.29 is 18.7 Å². The number of oxazole rings is 1. The van der Waals surface area contributed by atoms with Gasteiger partial charge in [-0.25, -0.2) is 4.98 Å². The van der Waals surface area contributed by atoms with Gasteiger partial charge in [0.25, 0.3) is 5.91 Å². The molecule has 0 fully saturated rings. The number of nitrogens with zero attached hydrogens (tertiary/aromatic N) is 2. The smallest absolute Gasteiger partial charge is 0.262 e. The fourth-order valence-corrected chi connectivity index (χ4v) is 2.92. The van der Waals surface area contributed by atoms with Crippen LogP contribution >= 0.6 is 11.6 Å². The second-order valence-electron chi connectivity index (χ2n) is 6.63. The monoisotopic (exact) mass is 414 g/mol. The van der Waals surface area contributed by atoms with Crippen LogP contribution in [0.25, 0.3) is 23.3 Å². The van der Waals surface area contributed by atoms with Gasteiger partial charge in [-0.3, -0.25) is 4.79 Å². The first-order chi connectivity index (χ1) is 13.9. The van der Waals surface area contributed by atoms with Gasteiger partial charge in [0.1, 0.15) is 5.52 Å². The number of halogens is 1. The minimum absolute atomic E-state index is 0.118. The average Bonchev–Trinajstić information content (AvgIpc) is 3.09. The molecule has 0 bridgehead atoms. The third-order valence-electron chi connectivity index (χ3n) is 4.14. The van der Waals surface area contributed by atoms with Gasteiger partial charge in [0.15, 0.2) is 23.2 Å². The van der Waals surface area contributed by atoms with E-state index in [1.807, 2.05) is 25.1 Å². The van der Waals surface area contributed by atoms with Gasteiger partial charge in [-0.05, 0) is 55.8 Å². The van der Waals surface area contributed by atoms with Crippen LogP contribution in [0.4, 0.5) is 0 Å². The summed E-state index contributed by atoms with van der Waals surface area (Å²) in [4.78, 5) is 18.0. The van der Waals surface area contributed by atoms with E-state index in [0.29, 0.717) is 40.1 Å². The van der Waals surface area contributed by atoms with Crippen molar-refractivity contribution in [2.75, 3.05) is 20.7 Å². The zero-order valence-electron chi connectivity index (χ0n) is 16.8. The van der Waals surface area contributed by atoms with Crippen molar-refractivity contribution in [3.63, 3.8) is 0 Å². The van der Waals surface area contributed by atoms with Crippen LogP contribution in [0.1, 0.15) is 25.3 Å². The molecule has 2 aromatic carbocycles. The first-order valence-electron chi connectivity index (χ1n) is 9.26. The Morgan fingerprint density at radius 2 is 2.00 bits per heavy atom. The largest absolute Gasteiger partial charge is 0.490 e. The summed E-state index contributed by atoms with van der Waals surface area (Å²) in [6.45, 7) is 4.08.